The number of carbonyl (C=O) groups excluding carboxylic acids is 1. The summed E-state index contributed by atoms with van der Waals surface area (Å²) in [7, 11) is 0. The molecule has 0 atom stereocenters. The first kappa shape index (κ1) is 16.0. The normalized spacial score (nSPS) is 11.1. The first-order valence-electron chi connectivity index (χ1n) is 7.16. The van der Waals surface area contributed by atoms with Gasteiger partial charge in [-0.1, -0.05) is 30.3 Å². The zero-order chi connectivity index (χ0) is 16.2. The summed E-state index contributed by atoms with van der Waals surface area (Å²) in [6.07, 6.45) is 0. The lowest BCUT2D eigenvalue weighted by atomic mass is 10.1. The van der Waals surface area contributed by atoms with Gasteiger partial charge in [0, 0.05) is 6.54 Å². The highest BCUT2D eigenvalue weighted by molar-refractivity contribution is 5.90. The summed E-state index contributed by atoms with van der Waals surface area (Å²) in [5.74, 6) is -1.000. The Kier molecular flexibility index (Phi) is 4.81. The van der Waals surface area contributed by atoms with Crippen LogP contribution in [-0.4, -0.2) is 11.6 Å². The monoisotopic (exact) mass is 301 g/mol. The van der Waals surface area contributed by atoms with E-state index in [-0.39, 0.29) is 5.56 Å². The summed E-state index contributed by atoms with van der Waals surface area (Å²) in [5, 5.41) is 3.02. The summed E-state index contributed by atoms with van der Waals surface area (Å²) in [4.78, 5) is 11.9. The maximum absolute atomic E-state index is 14.1. The van der Waals surface area contributed by atoms with Crippen LogP contribution in [0.25, 0.3) is 0 Å². The molecule has 2 rings (SSSR count). The number of ether oxygens (including phenoxy) is 1. The molecule has 0 saturated carbocycles. The molecular weight excluding hydrogens is 281 g/mol. The predicted octanol–water partition coefficient (Wildman–Crippen LogP) is 4.39. The molecule has 0 aliphatic carbocycles. The highest BCUT2D eigenvalue weighted by Crippen LogP contribution is 2.19. The van der Waals surface area contributed by atoms with E-state index in [2.05, 4.69) is 5.32 Å². The average Bonchev–Trinajstić information content (AvgIpc) is 2.45. The molecule has 1 N–H and O–H groups in total. The van der Waals surface area contributed by atoms with Gasteiger partial charge < -0.3 is 10.1 Å². The van der Waals surface area contributed by atoms with Crippen molar-refractivity contribution < 1.29 is 13.9 Å². The lowest BCUT2D eigenvalue weighted by molar-refractivity contribution is 0.00691. The maximum atomic E-state index is 14.1. The van der Waals surface area contributed by atoms with Crippen LogP contribution < -0.4 is 5.32 Å². The number of rotatable bonds is 4. The van der Waals surface area contributed by atoms with E-state index in [1.54, 1.807) is 32.9 Å². The minimum atomic E-state index is -0.599. The van der Waals surface area contributed by atoms with Crippen LogP contribution in [-0.2, 0) is 11.3 Å². The Balaban J connectivity index is 2.05. The zero-order valence-corrected chi connectivity index (χ0v) is 13.0. The van der Waals surface area contributed by atoms with Crippen molar-refractivity contribution in [1.82, 2.24) is 0 Å². The van der Waals surface area contributed by atoms with Gasteiger partial charge in [0.2, 0.25) is 0 Å². The Labute approximate surface area is 130 Å². The SMILES string of the molecule is CC(C)(C)OC(=O)c1ccc(NCc2ccccc2)c(F)c1. The third-order valence-corrected chi connectivity index (χ3v) is 2.93. The molecule has 0 saturated heterocycles. The molecule has 0 fully saturated rings. The number of esters is 1. The minimum absolute atomic E-state index is 0.206. The summed E-state index contributed by atoms with van der Waals surface area (Å²) >= 11 is 0. The standard InChI is InChI=1S/C18H20FNO2/c1-18(2,3)22-17(21)14-9-10-16(15(19)11-14)20-12-13-7-5-4-6-8-13/h4-11,20H,12H2,1-3H3. The van der Waals surface area contributed by atoms with Gasteiger partial charge in [0.1, 0.15) is 11.4 Å². The van der Waals surface area contributed by atoms with Crippen molar-refractivity contribution in [1.29, 1.82) is 0 Å². The summed E-state index contributed by atoms with van der Waals surface area (Å²) < 4.78 is 19.3. The van der Waals surface area contributed by atoms with Crippen LogP contribution in [0, 0.1) is 5.82 Å². The van der Waals surface area contributed by atoms with Crippen molar-refractivity contribution in [3.05, 3.63) is 65.5 Å². The number of carbonyl (C=O) groups is 1. The predicted molar refractivity (Wildman–Crippen MR) is 85.3 cm³/mol. The summed E-state index contributed by atoms with van der Waals surface area (Å²) in [5.41, 5.74) is 1.02. The van der Waals surface area contributed by atoms with Gasteiger partial charge in [-0.05, 0) is 44.5 Å². The molecule has 0 amide bonds. The molecule has 0 bridgehead atoms. The molecule has 0 unspecified atom stereocenters. The van der Waals surface area contributed by atoms with Crippen LogP contribution in [0.5, 0.6) is 0 Å². The average molecular weight is 301 g/mol. The van der Waals surface area contributed by atoms with E-state index < -0.39 is 17.4 Å². The van der Waals surface area contributed by atoms with Crippen molar-refractivity contribution in [2.75, 3.05) is 5.32 Å². The van der Waals surface area contributed by atoms with Crippen LogP contribution in [0.1, 0.15) is 36.7 Å². The topological polar surface area (TPSA) is 38.3 Å². The van der Waals surface area contributed by atoms with Crippen molar-refractivity contribution in [3.8, 4) is 0 Å². The van der Waals surface area contributed by atoms with Crippen LogP contribution in [0.4, 0.5) is 10.1 Å². The quantitative estimate of drug-likeness (QED) is 0.851. The Morgan fingerprint density at radius 2 is 1.82 bits per heavy atom. The Morgan fingerprint density at radius 3 is 2.41 bits per heavy atom. The second kappa shape index (κ2) is 6.60. The molecule has 2 aromatic rings. The van der Waals surface area contributed by atoms with E-state index in [9.17, 15) is 9.18 Å². The number of hydrogen-bond donors (Lipinski definition) is 1. The number of nitrogens with one attached hydrogen (secondary N) is 1. The summed E-state index contributed by atoms with van der Waals surface area (Å²) in [6, 6.07) is 14.0. The zero-order valence-electron chi connectivity index (χ0n) is 13.0. The molecule has 4 heteroatoms. The van der Waals surface area contributed by atoms with E-state index in [1.165, 1.54) is 6.07 Å². The van der Waals surface area contributed by atoms with Crippen molar-refractivity contribution in [2.45, 2.75) is 32.9 Å². The van der Waals surface area contributed by atoms with Gasteiger partial charge in [0.15, 0.2) is 0 Å². The molecule has 22 heavy (non-hydrogen) atoms. The number of hydrogen-bond acceptors (Lipinski definition) is 3. The first-order chi connectivity index (χ1) is 10.3. The van der Waals surface area contributed by atoms with Gasteiger partial charge >= 0.3 is 5.97 Å². The van der Waals surface area contributed by atoms with Crippen molar-refractivity contribution in [2.24, 2.45) is 0 Å². The molecule has 0 radical (unpaired) electrons. The van der Waals surface area contributed by atoms with Gasteiger partial charge in [-0.25, -0.2) is 9.18 Å². The molecule has 2 aromatic carbocycles. The minimum Gasteiger partial charge on any atom is -0.456 e. The van der Waals surface area contributed by atoms with Crippen LogP contribution in [0.2, 0.25) is 0 Å². The lowest BCUT2D eigenvalue weighted by Gasteiger charge is -2.19. The van der Waals surface area contributed by atoms with Gasteiger partial charge in [-0.3, -0.25) is 0 Å². The highest BCUT2D eigenvalue weighted by atomic mass is 19.1. The number of halogens is 1. The van der Waals surface area contributed by atoms with E-state index in [0.717, 1.165) is 5.56 Å². The Bertz CT molecular complexity index is 648. The Hall–Kier alpha value is -2.36. The molecular formula is C18H20FNO2. The molecule has 0 aliphatic heterocycles. The van der Waals surface area contributed by atoms with Gasteiger partial charge in [-0.15, -0.1) is 0 Å². The Morgan fingerprint density at radius 1 is 1.14 bits per heavy atom. The fraction of sp³-hybridized carbons (Fsp3) is 0.278. The van der Waals surface area contributed by atoms with Crippen LogP contribution in [0.3, 0.4) is 0 Å². The van der Waals surface area contributed by atoms with E-state index in [0.29, 0.717) is 12.2 Å². The van der Waals surface area contributed by atoms with Gasteiger partial charge in [0.05, 0.1) is 11.3 Å². The third-order valence-electron chi connectivity index (χ3n) is 2.93. The van der Waals surface area contributed by atoms with Crippen LogP contribution >= 0.6 is 0 Å². The molecule has 0 aromatic heterocycles. The molecule has 3 nitrogen and oxygen atoms in total. The fourth-order valence-corrected chi connectivity index (χ4v) is 1.92. The van der Waals surface area contributed by atoms with Crippen molar-refractivity contribution in [3.63, 3.8) is 0 Å². The molecule has 0 heterocycles. The highest BCUT2D eigenvalue weighted by Gasteiger charge is 2.18. The number of anilines is 1. The number of benzene rings is 2. The molecule has 0 aliphatic rings. The molecule has 116 valence electrons. The third kappa shape index (κ3) is 4.58. The summed E-state index contributed by atoms with van der Waals surface area (Å²) in [6.45, 7) is 5.84. The van der Waals surface area contributed by atoms with Crippen molar-refractivity contribution >= 4 is 11.7 Å². The second-order valence-corrected chi connectivity index (χ2v) is 6.04. The molecule has 0 spiro atoms. The maximum Gasteiger partial charge on any atom is 0.338 e. The largest absolute Gasteiger partial charge is 0.456 e. The first-order valence-corrected chi connectivity index (χ1v) is 7.16. The van der Waals surface area contributed by atoms with Crippen LogP contribution in [0.15, 0.2) is 48.5 Å². The van der Waals surface area contributed by atoms with E-state index in [1.807, 2.05) is 30.3 Å². The second-order valence-electron chi connectivity index (χ2n) is 6.04. The van der Waals surface area contributed by atoms with Gasteiger partial charge in [0.25, 0.3) is 0 Å². The lowest BCUT2D eigenvalue weighted by Crippen LogP contribution is -2.24. The van der Waals surface area contributed by atoms with Gasteiger partial charge in [-0.2, -0.15) is 0 Å². The van der Waals surface area contributed by atoms with E-state index in [4.69, 9.17) is 4.74 Å². The van der Waals surface area contributed by atoms with E-state index >= 15 is 0 Å². The fourth-order valence-electron chi connectivity index (χ4n) is 1.92. The smallest absolute Gasteiger partial charge is 0.338 e.